The minimum Gasteiger partial charge on any atom is -0.353 e. The fraction of sp³-hybridized carbons (Fsp3) is 0.667. The smallest absolute Gasteiger partial charge is 0.196 e. The Labute approximate surface area is 152 Å². The van der Waals surface area contributed by atoms with Crippen molar-refractivity contribution in [3.05, 3.63) is 30.3 Å². The van der Waals surface area contributed by atoms with Gasteiger partial charge in [0.25, 0.3) is 0 Å². The van der Waals surface area contributed by atoms with Crippen LogP contribution in [0.1, 0.15) is 57.8 Å². The fourth-order valence-corrected chi connectivity index (χ4v) is 4.22. The molecule has 4 heteroatoms. The van der Waals surface area contributed by atoms with E-state index in [-0.39, 0.29) is 0 Å². The van der Waals surface area contributed by atoms with E-state index in [0.29, 0.717) is 17.9 Å². The van der Waals surface area contributed by atoms with Crippen molar-refractivity contribution in [3.8, 4) is 0 Å². The van der Waals surface area contributed by atoms with Gasteiger partial charge >= 0.3 is 0 Å². The van der Waals surface area contributed by atoms with Gasteiger partial charge in [0.2, 0.25) is 0 Å². The van der Waals surface area contributed by atoms with E-state index in [4.69, 9.17) is 10.7 Å². The van der Waals surface area contributed by atoms with Crippen LogP contribution in [0.3, 0.4) is 0 Å². The molecule has 0 amide bonds. The van der Waals surface area contributed by atoms with E-state index < -0.39 is 0 Å². The Morgan fingerprint density at radius 1 is 0.960 bits per heavy atom. The molecule has 0 bridgehead atoms. The number of benzene rings is 1. The van der Waals surface area contributed by atoms with Gasteiger partial charge in [-0.3, -0.25) is 4.99 Å². The first kappa shape index (κ1) is 18.2. The molecule has 2 aliphatic rings. The lowest BCUT2D eigenvalue weighted by molar-refractivity contribution is 0.277. The Balaban J connectivity index is 1.61. The first-order valence-corrected chi connectivity index (χ1v) is 10.2. The summed E-state index contributed by atoms with van der Waals surface area (Å²) in [6, 6.07) is 10.9. The highest BCUT2D eigenvalue weighted by atomic mass is 15.2. The molecule has 2 aliphatic carbocycles. The number of para-hydroxylation sites is 1. The highest BCUT2D eigenvalue weighted by Gasteiger charge is 2.21. The number of hydrogen-bond acceptors (Lipinski definition) is 2. The molecule has 2 saturated carbocycles. The molecule has 0 radical (unpaired) electrons. The molecule has 138 valence electrons. The van der Waals surface area contributed by atoms with Crippen molar-refractivity contribution in [2.45, 2.75) is 63.8 Å². The van der Waals surface area contributed by atoms with Gasteiger partial charge in [-0.25, -0.2) is 0 Å². The van der Waals surface area contributed by atoms with Crippen molar-refractivity contribution in [2.24, 2.45) is 22.6 Å². The van der Waals surface area contributed by atoms with Crippen LogP contribution in [0.4, 0.5) is 5.69 Å². The Morgan fingerprint density at radius 2 is 1.72 bits per heavy atom. The Hall–Kier alpha value is -1.55. The van der Waals surface area contributed by atoms with Gasteiger partial charge in [-0.15, -0.1) is 0 Å². The largest absolute Gasteiger partial charge is 0.353 e. The second kappa shape index (κ2) is 9.81. The number of nitrogens with one attached hydrogen (secondary N) is 2. The van der Waals surface area contributed by atoms with Crippen LogP contribution in [-0.4, -0.2) is 25.1 Å². The van der Waals surface area contributed by atoms with Crippen LogP contribution >= 0.6 is 0 Å². The summed E-state index contributed by atoms with van der Waals surface area (Å²) in [7, 11) is 0. The molecule has 0 aromatic heterocycles. The SMILES string of the molecule is NCC1CCCC(CN=C(Nc2ccccc2)NC2CCCCC2)C1. The number of nitrogens with zero attached hydrogens (tertiary/aromatic N) is 1. The highest BCUT2D eigenvalue weighted by Crippen LogP contribution is 2.28. The van der Waals surface area contributed by atoms with Gasteiger partial charge in [-0.05, 0) is 62.6 Å². The molecule has 1 aromatic rings. The first-order valence-electron chi connectivity index (χ1n) is 10.2. The molecule has 2 atom stereocenters. The van der Waals surface area contributed by atoms with Crippen molar-refractivity contribution >= 4 is 11.6 Å². The first-order chi connectivity index (χ1) is 12.3. The number of anilines is 1. The van der Waals surface area contributed by atoms with Gasteiger partial charge in [0.1, 0.15) is 0 Å². The second-order valence-corrected chi connectivity index (χ2v) is 7.79. The quantitative estimate of drug-likeness (QED) is 0.556. The minimum atomic E-state index is 0.562. The average Bonchev–Trinajstić information content (AvgIpc) is 2.68. The van der Waals surface area contributed by atoms with E-state index in [1.165, 1.54) is 57.8 Å². The van der Waals surface area contributed by atoms with Crippen molar-refractivity contribution < 1.29 is 0 Å². The number of hydrogen-bond donors (Lipinski definition) is 3. The molecule has 0 spiro atoms. The third kappa shape index (κ3) is 6.03. The molecule has 2 fully saturated rings. The maximum Gasteiger partial charge on any atom is 0.196 e. The van der Waals surface area contributed by atoms with Crippen LogP contribution in [0.5, 0.6) is 0 Å². The molecule has 0 heterocycles. The summed E-state index contributed by atoms with van der Waals surface area (Å²) in [5, 5.41) is 7.19. The van der Waals surface area contributed by atoms with E-state index >= 15 is 0 Å². The zero-order chi connectivity index (χ0) is 17.3. The van der Waals surface area contributed by atoms with E-state index in [9.17, 15) is 0 Å². The molecule has 1 aromatic carbocycles. The van der Waals surface area contributed by atoms with Gasteiger partial charge in [0, 0.05) is 18.3 Å². The van der Waals surface area contributed by atoms with E-state index in [1.807, 2.05) is 6.07 Å². The molecule has 0 saturated heterocycles. The predicted octanol–water partition coefficient (Wildman–Crippen LogP) is 4.14. The van der Waals surface area contributed by atoms with Gasteiger partial charge < -0.3 is 16.4 Å². The fourth-order valence-electron chi connectivity index (χ4n) is 4.22. The maximum atomic E-state index is 5.89. The van der Waals surface area contributed by atoms with E-state index in [2.05, 4.69) is 34.9 Å². The van der Waals surface area contributed by atoms with Crippen LogP contribution in [0.2, 0.25) is 0 Å². The summed E-state index contributed by atoms with van der Waals surface area (Å²) in [4.78, 5) is 4.96. The summed E-state index contributed by atoms with van der Waals surface area (Å²) in [5.74, 6) is 2.33. The van der Waals surface area contributed by atoms with Crippen molar-refractivity contribution in [2.75, 3.05) is 18.4 Å². The van der Waals surface area contributed by atoms with Crippen LogP contribution < -0.4 is 16.4 Å². The Bertz CT molecular complexity index is 522. The molecule has 2 unspecified atom stereocenters. The lowest BCUT2D eigenvalue weighted by atomic mass is 9.81. The van der Waals surface area contributed by atoms with Gasteiger partial charge in [0.05, 0.1) is 0 Å². The number of nitrogens with two attached hydrogens (primary N) is 1. The summed E-state index contributed by atoms with van der Waals surface area (Å²) in [5.41, 5.74) is 6.99. The topological polar surface area (TPSA) is 62.4 Å². The lowest BCUT2D eigenvalue weighted by Crippen LogP contribution is -2.40. The monoisotopic (exact) mass is 342 g/mol. The molecular weight excluding hydrogens is 308 g/mol. The summed E-state index contributed by atoms with van der Waals surface area (Å²) < 4.78 is 0. The lowest BCUT2D eigenvalue weighted by Gasteiger charge is -2.28. The van der Waals surface area contributed by atoms with E-state index in [0.717, 1.165) is 24.7 Å². The van der Waals surface area contributed by atoms with Crippen LogP contribution in [0.15, 0.2) is 35.3 Å². The Kier molecular flexibility index (Phi) is 7.16. The van der Waals surface area contributed by atoms with Gasteiger partial charge in [-0.2, -0.15) is 0 Å². The molecule has 25 heavy (non-hydrogen) atoms. The molecular formula is C21H34N4. The Morgan fingerprint density at radius 3 is 2.48 bits per heavy atom. The standard InChI is InChI=1S/C21H34N4/c22-15-17-8-7-9-18(14-17)16-23-21(24-19-10-3-1-4-11-19)25-20-12-5-2-6-13-20/h1,3-4,10-11,17-18,20H,2,5-9,12-16,22H2,(H2,23,24,25). The maximum absolute atomic E-state index is 5.89. The zero-order valence-corrected chi connectivity index (χ0v) is 15.4. The van der Waals surface area contributed by atoms with Crippen molar-refractivity contribution in [3.63, 3.8) is 0 Å². The van der Waals surface area contributed by atoms with Crippen molar-refractivity contribution in [1.82, 2.24) is 5.32 Å². The third-order valence-electron chi connectivity index (χ3n) is 5.71. The van der Waals surface area contributed by atoms with Crippen LogP contribution in [0, 0.1) is 11.8 Å². The molecule has 4 N–H and O–H groups in total. The summed E-state index contributed by atoms with van der Waals surface area (Å²) in [6.07, 6.45) is 11.7. The summed E-state index contributed by atoms with van der Waals surface area (Å²) in [6.45, 7) is 1.74. The van der Waals surface area contributed by atoms with Crippen LogP contribution in [-0.2, 0) is 0 Å². The molecule has 3 rings (SSSR count). The average molecular weight is 343 g/mol. The molecule has 4 nitrogen and oxygen atoms in total. The van der Waals surface area contributed by atoms with Crippen molar-refractivity contribution in [1.29, 1.82) is 0 Å². The minimum absolute atomic E-state index is 0.562. The predicted molar refractivity (Wildman–Crippen MR) is 107 cm³/mol. The number of aliphatic imine (C=N–C) groups is 1. The second-order valence-electron chi connectivity index (χ2n) is 7.79. The third-order valence-corrected chi connectivity index (χ3v) is 5.71. The van der Waals surface area contributed by atoms with E-state index in [1.54, 1.807) is 0 Å². The molecule has 0 aliphatic heterocycles. The van der Waals surface area contributed by atoms with Crippen LogP contribution in [0.25, 0.3) is 0 Å². The zero-order valence-electron chi connectivity index (χ0n) is 15.4. The van der Waals surface area contributed by atoms with Gasteiger partial charge in [0.15, 0.2) is 5.96 Å². The summed E-state index contributed by atoms with van der Waals surface area (Å²) >= 11 is 0. The van der Waals surface area contributed by atoms with Gasteiger partial charge in [-0.1, -0.05) is 43.9 Å². The number of guanidine groups is 1. The normalized spacial score (nSPS) is 25.6. The number of rotatable bonds is 5. The highest BCUT2D eigenvalue weighted by molar-refractivity contribution is 5.93.